The summed E-state index contributed by atoms with van der Waals surface area (Å²) in [5.41, 5.74) is 0.317. The van der Waals surface area contributed by atoms with Crippen LogP contribution in [0.5, 0.6) is 0 Å². The molecule has 1 aromatic rings. The van der Waals surface area contributed by atoms with Crippen molar-refractivity contribution in [3.8, 4) is 0 Å². The zero-order valence-corrected chi connectivity index (χ0v) is 14.9. The second-order valence-corrected chi connectivity index (χ2v) is 7.32. The predicted octanol–water partition coefficient (Wildman–Crippen LogP) is 3.96. The molecular formula is C15H26BrN3O. The highest BCUT2D eigenvalue weighted by Crippen LogP contribution is 2.21. The quantitative estimate of drug-likeness (QED) is 0.879. The van der Waals surface area contributed by atoms with E-state index in [-0.39, 0.29) is 17.5 Å². The smallest absolute Gasteiger partial charge is 0.273 e. The normalized spacial score (nSPS) is 14.9. The van der Waals surface area contributed by atoms with E-state index >= 15 is 0 Å². The van der Waals surface area contributed by atoms with E-state index in [4.69, 9.17) is 0 Å². The van der Waals surface area contributed by atoms with Crippen LogP contribution in [0.4, 0.5) is 0 Å². The monoisotopic (exact) mass is 343 g/mol. The van der Waals surface area contributed by atoms with Crippen LogP contribution in [0.3, 0.4) is 0 Å². The van der Waals surface area contributed by atoms with Gasteiger partial charge in [-0.3, -0.25) is 9.48 Å². The fourth-order valence-electron chi connectivity index (χ4n) is 1.97. The van der Waals surface area contributed by atoms with Gasteiger partial charge in [0.15, 0.2) is 5.69 Å². The number of hydrogen-bond donors (Lipinski definition) is 1. The minimum Gasteiger partial charge on any atom is -0.348 e. The zero-order valence-electron chi connectivity index (χ0n) is 13.3. The zero-order chi connectivity index (χ0) is 15.5. The van der Waals surface area contributed by atoms with Crippen molar-refractivity contribution in [1.29, 1.82) is 0 Å². The molecule has 0 radical (unpaired) electrons. The highest BCUT2D eigenvalue weighted by Gasteiger charge is 2.23. The molecule has 0 aromatic carbocycles. The summed E-state index contributed by atoms with van der Waals surface area (Å²) in [6, 6.07) is 0.147. The maximum atomic E-state index is 12.3. The average molecular weight is 344 g/mol. The van der Waals surface area contributed by atoms with Gasteiger partial charge in [0.05, 0.1) is 10.0 Å². The molecule has 0 fully saturated rings. The minimum atomic E-state index is -0.137. The van der Waals surface area contributed by atoms with Gasteiger partial charge in [0.25, 0.3) is 5.91 Å². The molecule has 1 amide bonds. The van der Waals surface area contributed by atoms with E-state index in [2.05, 4.69) is 61.0 Å². The third kappa shape index (κ3) is 4.33. The van der Waals surface area contributed by atoms with E-state index in [1.807, 2.05) is 17.8 Å². The summed E-state index contributed by atoms with van der Waals surface area (Å²) in [7, 11) is 0. The minimum absolute atomic E-state index is 0.115. The van der Waals surface area contributed by atoms with Gasteiger partial charge in [0.2, 0.25) is 0 Å². The first-order chi connectivity index (χ1) is 9.16. The Labute approximate surface area is 130 Å². The van der Waals surface area contributed by atoms with Crippen molar-refractivity contribution in [3.63, 3.8) is 0 Å². The lowest BCUT2D eigenvalue weighted by molar-refractivity contribution is 0.0920. The molecule has 2 unspecified atom stereocenters. The SMILES string of the molecule is CCCC(C)C(C)NC(=O)c1nn(C(C)(C)C)cc1Br. The number of carbonyl (C=O) groups is 1. The van der Waals surface area contributed by atoms with E-state index in [9.17, 15) is 4.79 Å². The van der Waals surface area contributed by atoms with Crippen LogP contribution in [0.1, 0.15) is 64.9 Å². The Hall–Kier alpha value is -0.840. The molecule has 0 aliphatic heterocycles. The van der Waals surface area contributed by atoms with Gasteiger partial charge in [-0.15, -0.1) is 0 Å². The number of nitrogens with one attached hydrogen (secondary N) is 1. The molecule has 1 aromatic heterocycles. The Morgan fingerprint density at radius 1 is 1.45 bits per heavy atom. The molecule has 1 N–H and O–H groups in total. The molecule has 114 valence electrons. The lowest BCUT2D eigenvalue weighted by Gasteiger charge is -2.20. The molecule has 0 spiro atoms. The van der Waals surface area contributed by atoms with Crippen LogP contribution in [0, 0.1) is 5.92 Å². The molecule has 1 heterocycles. The van der Waals surface area contributed by atoms with Crippen molar-refractivity contribution < 1.29 is 4.79 Å². The molecule has 0 bridgehead atoms. The molecule has 5 heteroatoms. The Bertz CT molecular complexity index is 462. The average Bonchev–Trinajstić information content (AvgIpc) is 2.71. The summed E-state index contributed by atoms with van der Waals surface area (Å²) in [6.07, 6.45) is 4.10. The van der Waals surface area contributed by atoms with Gasteiger partial charge in [-0.05, 0) is 56.0 Å². The Morgan fingerprint density at radius 3 is 2.50 bits per heavy atom. The number of hydrogen-bond acceptors (Lipinski definition) is 2. The second-order valence-electron chi connectivity index (χ2n) is 6.47. The standard InChI is InChI=1S/C15H26BrN3O/c1-7-8-10(2)11(3)17-14(20)13-12(16)9-19(18-13)15(4,5)6/h9-11H,7-8H2,1-6H3,(H,17,20). The van der Waals surface area contributed by atoms with Crippen LogP contribution in [0.15, 0.2) is 10.7 Å². The first-order valence-corrected chi connectivity index (χ1v) is 8.02. The van der Waals surface area contributed by atoms with Gasteiger partial charge in [-0.1, -0.05) is 20.3 Å². The van der Waals surface area contributed by atoms with Crippen LogP contribution >= 0.6 is 15.9 Å². The van der Waals surface area contributed by atoms with Crippen molar-refractivity contribution in [2.75, 3.05) is 0 Å². The fraction of sp³-hybridized carbons (Fsp3) is 0.733. The summed E-state index contributed by atoms with van der Waals surface area (Å²) in [6.45, 7) is 12.5. The molecular weight excluding hydrogens is 318 g/mol. The number of nitrogens with zero attached hydrogens (tertiary/aromatic N) is 2. The number of carbonyl (C=O) groups excluding carboxylic acids is 1. The molecule has 4 nitrogen and oxygen atoms in total. The van der Waals surface area contributed by atoms with Crippen molar-refractivity contribution in [2.45, 2.75) is 66.0 Å². The number of amides is 1. The van der Waals surface area contributed by atoms with Gasteiger partial charge in [-0.2, -0.15) is 5.10 Å². The summed E-state index contributed by atoms with van der Waals surface area (Å²) in [4.78, 5) is 12.3. The van der Waals surface area contributed by atoms with Gasteiger partial charge in [-0.25, -0.2) is 0 Å². The van der Waals surface area contributed by atoms with E-state index in [1.165, 1.54) is 0 Å². The van der Waals surface area contributed by atoms with E-state index in [0.29, 0.717) is 11.6 Å². The highest BCUT2D eigenvalue weighted by molar-refractivity contribution is 9.10. The largest absolute Gasteiger partial charge is 0.348 e. The molecule has 2 atom stereocenters. The van der Waals surface area contributed by atoms with Crippen LogP contribution in [0.25, 0.3) is 0 Å². The molecule has 0 saturated carbocycles. The van der Waals surface area contributed by atoms with E-state index in [0.717, 1.165) is 17.3 Å². The Morgan fingerprint density at radius 2 is 2.05 bits per heavy atom. The molecule has 20 heavy (non-hydrogen) atoms. The fourth-order valence-corrected chi connectivity index (χ4v) is 2.43. The van der Waals surface area contributed by atoms with Gasteiger partial charge >= 0.3 is 0 Å². The molecule has 0 aliphatic rings. The van der Waals surface area contributed by atoms with Gasteiger partial charge in [0, 0.05) is 12.2 Å². The lowest BCUT2D eigenvalue weighted by Crippen LogP contribution is -2.37. The van der Waals surface area contributed by atoms with Crippen LogP contribution in [-0.2, 0) is 5.54 Å². The molecule has 0 aliphatic carbocycles. The molecule has 0 saturated heterocycles. The Kier molecular flexibility index (Phi) is 5.80. The van der Waals surface area contributed by atoms with Crippen LogP contribution in [0.2, 0.25) is 0 Å². The van der Waals surface area contributed by atoms with Crippen LogP contribution < -0.4 is 5.32 Å². The third-order valence-corrected chi connectivity index (χ3v) is 4.11. The third-order valence-electron chi connectivity index (χ3n) is 3.53. The predicted molar refractivity (Wildman–Crippen MR) is 85.9 cm³/mol. The summed E-state index contributed by atoms with van der Waals surface area (Å²) in [5, 5.41) is 7.44. The maximum absolute atomic E-state index is 12.3. The topological polar surface area (TPSA) is 46.9 Å². The number of aromatic nitrogens is 2. The Balaban J connectivity index is 2.80. The highest BCUT2D eigenvalue weighted by atomic mass is 79.9. The van der Waals surface area contributed by atoms with Crippen molar-refractivity contribution in [2.24, 2.45) is 5.92 Å². The first-order valence-electron chi connectivity index (χ1n) is 7.23. The summed E-state index contributed by atoms with van der Waals surface area (Å²) in [5.74, 6) is 0.350. The van der Waals surface area contributed by atoms with Crippen molar-refractivity contribution in [1.82, 2.24) is 15.1 Å². The second kappa shape index (κ2) is 6.74. The first kappa shape index (κ1) is 17.2. The maximum Gasteiger partial charge on any atom is 0.273 e. The van der Waals surface area contributed by atoms with Gasteiger partial charge < -0.3 is 5.32 Å². The number of rotatable bonds is 5. The summed E-state index contributed by atoms with van der Waals surface area (Å²) >= 11 is 3.42. The van der Waals surface area contributed by atoms with Crippen LogP contribution in [-0.4, -0.2) is 21.7 Å². The van der Waals surface area contributed by atoms with E-state index in [1.54, 1.807) is 0 Å². The van der Waals surface area contributed by atoms with Crippen molar-refractivity contribution >= 4 is 21.8 Å². The lowest BCUT2D eigenvalue weighted by atomic mass is 9.98. The summed E-state index contributed by atoms with van der Waals surface area (Å²) < 4.78 is 2.55. The van der Waals surface area contributed by atoms with Crippen molar-refractivity contribution in [3.05, 3.63) is 16.4 Å². The van der Waals surface area contributed by atoms with Gasteiger partial charge in [0.1, 0.15) is 0 Å². The molecule has 1 rings (SSSR count). The number of halogens is 1. The van der Waals surface area contributed by atoms with E-state index < -0.39 is 0 Å².